The predicted octanol–water partition coefficient (Wildman–Crippen LogP) is 2.23. The normalized spacial score (nSPS) is 12.6. The smallest absolute Gasteiger partial charge is 0.330 e. The number of halogens is 2. The van der Waals surface area contributed by atoms with Crippen molar-refractivity contribution >= 4 is 15.5 Å². The molecule has 0 aromatic heterocycles. The molecule has 0 aliphatic carbocycles. The standard InChI is InChI=1S/C9H14F2O2Si/c1-3-8(12)13-7(2)5-4-6-14-9(10)11/h3,7,9H,1,4-6H2,2H3. The van der Waals surface area contributed by atoms with Crippen molar-refractivity contribution in [3.8, 4) is 0 Å². The van der Waals surface area contributed by atoms with E-state index in [1.807, 2.05) is 0 Å². The molecule has 0 N–H and O–H groups in total. The molecule has 0 bridgehead atoms. The molecule has 0 aromatic rings. The SMILES string of the molecule is C=CC(=O)OC(C)CCC[Si]C(F)F. The van der Waals surface area contributed by atoms with Gasteiger partial charge in [-0.25, -0.2) is 13.6 Å². The fourth-order valence-electron chi connectivity index (χ4n) is 0.906. The van der Waals surface area contributed by atoms with Crippen LogP contribution in [0.5, 0.6) is 0 Å². The van der Waals surface area contributed by atoms with Crippen molar-refractivity contribution in [2.75, 3.05) is 0 Å². The molecule has 0 saturated carbocycles. The first-order valence-electron chi connectivity index (χ1n) is 4.41. The summed E-state index contributed by atoms with van der Waals surface area (Å²) in [6.07, 6.45) is 2.16. The number of hydrogen-bond acceptors (Lipinski definition) is 2. The van der Waals surface area contributed by atoms with E-state index in [-0.39, 0.29) is 15.6 Å². The third kappa shape index (κ3) is 7.91. The number of carbonyl (C=O) groups is 1. The Morgan fingerprint density at radius 3 is 2.79 bits per heavy atom. The van der Waals surface area contributed by atoms with Crippen LogP contribution in [0.4, 0.5) is 8.78 Å². The molecule has 0 aromatic carbocycles. The highest BCUT2D eigenvalue weighted by Crippen LogP contribution is 2.06. The lowest BCUT2D eigenvalue weighted by Crippen LogP contribution is -2.13. The van der Waals surface area contributed by atoms with Crippen molar-refractivity contribution in [3.05, 3.63) is 12.7 Å². The minimum atomic E-state index is -2.21. The van der Waals surface area contributed by atoms with E-state index < -0.39 is 12.0 Å². The van der Waals surface area contributed by atoms with Crippen LogP contribution in [-0.4, -0.2) is 27.6 Å². The van der Waals surface area contributed by atoms with Crippen LogP contribution < -0.4 is 0 Å². The lowest BCUT2D eigenvalue weighted by Gasteiger charge is -2.10. The maximum atomic E-state index is 11.7. The summed E-state index contributed by atoms with van der Waals surface area (Å²) in [5.74, 6) is -0.464. The zero-order valence-electron chi connectivity index (χ0n) is 8.13. The van der Waals surface area contributed by atoms with E-state index in [0.29, 0.717) is 18.9 Å². The Kier molecular flexibility index (Phi) is 7.28. The van der Waals surface area contributed by atoms with E-state index in [2.05, 4.69) is 6.58 Å². The number of esters is 1. The lowest BCUT2D eigenvalue weighted by atomic mass is 10.2. The van der Waals surface area contributed by atoms with Crippen molar-refractivity contribution in [2.45, 2.75) is 38.0 Å². The van der Waals surface area contributed by atoms with Crippen LogP contribution in [0.1, 0.15) is 19.8 Å². The topological polar surface area (TPSA) is 26.3 Å². The molecule has 1 unspecified atom stereocenters. The van der Waals surface area contributed by atoms with Crippen LogP contribution in [0.2, 0.25) is 6.04 Å². The van der Waals surface area contributed by atoms with E-state index >= 15 is 0 Å². The van der Waals surface area contributed by atoms with Crippen LogP contribution >= 0.6 is 0 Å². The second-order valence-electron chi connectivity index (χ2n) is 2.85. The number of alkyl halides is 2. The van der Waals surface area contributed by atoms with E-state index in [1.54, 1.807) is 6.92 Å². The maximum absolute atomic E-state index is 11.7. The zero-order chi connectivity index (χ0) is 11.0. The molecule has 2 radical (unpaired) electrons. The average Bonchev–Trinajstić information content (AvgIpc) is 2.12. The van der Waals surface area contributed by atoms with Crippen LogP contribution in [0.3, 0.4) is 0 Å². The first kappa shape index (κ1) is 13.3. The molecule has 0 aliphatic heterocycles. The summed E-state index contributed by atoms with van der Waals surface area (Å²) < 4.78 is 28.3. The Bertz CT molecular complexity index is 186. The molecule has 0 fully saturated rings. The third-order valence-electron chi connectivity index (χ3n) is 1.57. The van der Waals surface area contributed by atoms with Gasteiger partial charge in [0.05, 0.1) is 6.10 Å². The van der Waals surface area contributed by atoms with Gasteiger partial charge in [-0.2, -0.15) is 0 Å². The van der Waals surface area contributed by atoms with Gasteiger partial charge < -0.3 is 4.74 Å². The highest BCUT2D eigenvalue weighted by molar-refractivity contribution is 6.36. The summed E-state index contributed by atoms with van der Waals surface area (Å²) in [5, 5.41) is 0. The Balaban J connectivity index is 3.39. The summed E-state index contributed by atoms with van der Waals surface area (Å²) in [6.45, 7) is 5.00. The van der Waals surface area contributed by atoms with E-state index in [1.165, 1.54) is 0 Å². The van der Waals surface area contributed by atoms with Gasteiger partial charge in [0, 0.05) is 6.08 Å². The molecule has 14 heavy (non-hydrogen) atoms. The summed E-state index contributed by atoms with van der Waals surface area (Å²) in [4.78, 5) is 10.7. The van der Waals surface area contributed by atoms with Gasteiger partial charge in [0.1, 0.15) is 9.52 Å². The van der Waals surface area contributed by atoms with Crippen LogP contribution in [0.25, 0.3) is 0 Å². The van der Waals surface area contributed by atoms with Crippen molar-refractivity contribution in [2.24, 2.45) is 0 Å². The van der Waals surface area contributed by atoms with Gasteiger partial charge in [-0.3, -0.25) is 0 Å². The number of rotatable bonds is 7. The summed E-state index contributed by atoms with van der Waals surface area (Å²) in [7, 11) is -0.310. The first-order valence-corrected chi connectivity index (χ1v) is 5.69. The Hall–Kier alpha value is -0.713. The highest BCUT2D eigenvalue weighted by Gasteiger charge is 2.08. The zero-order valence-corrected chi connectivity index (χ0v) is 9.13. The molecule has 0 spiro atoms. The van der Waals surface area contributed by atoms with Gasteiger partial charge in [0.2, 0.25) is 6.05 Å². The molecule has 0 amide bonds. The van der Waals surface area contributed by atoms with Crippen LogP contribution in [0, 0.1) is 0 Å². The highest BCUT2D eigenvalue weighted by atomic mass is 28.2. The van der Waals surface area contributed by atoms with Gasteiger partial charge in [0.25, 0.3) is 0 Å². The molecule has 0 aliphatic rings. The van der Waals surface area contributed by atoms with Crippen molar-refractivity contribution in [3.63, 3.8) is 0 Å². The minimum absolute atomic E-state index is 0.219. The Morgan fingerprint density at radius 2 is 2.29 bits per heavy atom. The number of ether oxygens (including phenoxy) is 1. The molecule has 1 atom stereocenters. The van der Waals surface area contributed by atoms with E-state index in [0.717, 1.165) is 6.08 Å². The van der Waals surface area contributed by atoms with Crippen LogP contribution in [0.15, 0.2) is 12.7 Å². The van der Waals surface area contributed by atoms with Gasteiger partial charge in [-0.1, -0.05) is 19.0 Å². The monoisotopic (exact) mass is 220 g/mol. The third-order valence-corrected chi connectivity index (χ3v) is 2.52. The summed E-state index contributed by atoms with van der Waals surface area (Å²) >= 11 is 0. The summed E-state index contributed by atoms with van der Waals surface area (Å²) in [6, 6.07) is -1.71. The Morgan fingerprint density at radius 1 is 1.64 bits per heavy atom. The second kappa shape index (κ2) is 7.67. The van der Waals surface area contributed by atoms with Gasteiger partial charge >= 0.3 is 5.97 Å². The molecule has 0 rings (SSSR count). The lowest BCUT2D eigenvalue weighted by molar-refractivity contribution is -0.142. The molecular weight excluding hydrogens is 206 g/mol. The van der Waals surface area contributed by atoms with E-state index in [9.17, 15) is 13.6 Å². The molecule has 0 heterocycles. The second-order valence-corrected chi connectivity index (χ2v) is 4.19. The van der Waals surface area contributed by atoms with Gasteiger partial charge in [-0.05, 0) is 13.3 Å². The van der Waals surface area contributed by atoms with Crippen LogP contribution in [-0.2, 0) is 9.53 Å². The predicted molar refractivity (Wildman–Crippen MR) is 51.6 cm³/mol. The van der Waals surface area contributed by atoms with Gasteiger partial charge in [0.15, 0.2) is 0 Å². The Labute approximate surface area is 85.1 Å². The van der Waals surface area contributed by atoms with Crippen molar-refractivity contribution < 1.29 is 18.3 Å². The first-order chi connectivity index (χ1) is 6.56. The summed E-state index contributed by atoms with van der Waals surface area (Å²) in [5.41, 5.74) is 0. The van der Waals surface area contributed by atoms with Gasteiger partial charge in [-0.15, -0.1) is 0 Å². The largest absolute Gasteiger partial charge is 0.460 e. The number of hydrogen-bond donors (Lipinski definition) is 0. The van der Waals surface area contributed by atoms with Crippen molar-refractivity contribution in [1.29, 1.82) is 0 Å². The molecule has 2 nitrogen and oxygen atoms in total. The fraction of sp³-hybridized carbons (Fsp3) is 0.667. The minimum Gasteiger partial charge on any atom is -0.460 e. The molecule has 0 saturated heterocycles. The van der Waals surface area contributed by atoms with E-state index in [4.69, 9.17) is 4.74 Å². The fourth-order valence-corrected chi connectivity index (χ4v) is 1.53. The molecular formula is C9H14F2O2Si. The average molecular weight is 220 g/mol. The molecule has 80 valence electrons. The van der Waals surface area contributed by atoms with Crippen molar-refractivity contribution in [1.82, 2.24) is 0 Å². The maximum Gasteiger partial charge on any atom is 0.330 e. The number of carbonyl (C=O) groups excluding carboxylic acids is 1. The quantitative estimate of drug-likeness (QED) is 0.285. The molecule has 5 heteroatoms.